The molecule has 3 heterocycles. The lowest BCUT2D eigenvalue weighted by atomic mass is 9.85. The number of ether oxygens (including phenoxy) is 1. The van der Waals surface area contributed by atoms with Crippen molar-refractivity contribution in [3.63, 3.8) is 0 Å². The van der Waals surface area contributed by atoms with Crippen molar-refractivity contribution in [1.29, 1.82) is 0 Å². The average Bonchev–Trinajstić information content (AvgIpc) is 3.09. The second-order valence-corrected chi connectivity index (χ2v) is 7.29. The second kappa shape index (κ2) is 7.85. The standard InChI is InChI=1S/C21H26N4O/c1-26-18-9-10-22-17(13-18)7-8-20-24-19-12-16(14-23-21(19)25-20)11-15-5-3-2-4-6-15/h9-10,12-15H,2-8,11H2,1H3,(H,23,24,25). The number of aromatic nitrogens is 4. The summed E-state index contributed by atoms with van der Waals surface area (Å²) >= 11 is 0. The van der Waals surface area contributed by atoms with Gasteiger partial charge in [0.15, 0.2) is 5.65 Å². The summed E-state index contributed by atoms with van der Waals surface area (Å²) in [6.07, 6.45) is 13.5. The van der Waals surface area contributed by atoms with Gasteiger partial charge in [-0.2, -0.15) is 0 Å². The van der Waals surface area contributed by atoms with Gasteiger partial charge < -0.3 is 9.72 Å². The third kappa shape index (κ3) is 4.03. The Bertz CT molecular complexity index is 867. The lowest BCUT2D eigenvalue weighted by Crippen LogP contribution is -2.09. The van der Waals surface area contributed by atoms with Crippen LogP contribution in [0.5, 0.6) is 5.75 Å². The first-order chi connectivity index (χ1) is 12.8. The third-order valence-corrected chi connectivity index (χ3v) is 5.33. The van der Waals surface area contributed by atoms with Gasteiger partial charge in [0.2, 0.25) is 0 Å². The first-order valence-electron chi connectivity index (χ1n) is 9.62. The SMILES string of the molecule is COc1ccnc(CCc2nc3ncc(CC4CCCCC4)cc3[nH]2)c1. The third-order valence-electron chi connectivity index (χ3n) is 5.33. The number of methoxy groups -OCH3 is 1. The zero-order chi connectivity index (χ0) is 17.8. The first kappa shape index (κ1) is 17.0. The highest BCUT2D eigenvalue weighted by molar-refractivity contribution is 5.71. The van der Waals surface area contributed by atoms with Crippen molar-refractivity contribution in [2.45, 2.75) is 51.4 Å². The van der Waals surface area contributed by atoms with Gasteiger partial charge in [-0.15, -0.1) is 0 Å². The Kier molecular flexibility index (Phi) is 5.14. The van der Waals surface area contributed by atoms with Crippen LogP contribution in [0, 0.1) is 5.92 Å². The van der Waals surface area contributed by atoms with E-state index in [1.807, 2.05) is 18.3 Å². The smallest absolute Gasteiger partial charge is 0.177 e. The molecule has 0 saturated heterocycles. The maximum absolute atomic E-state index is 5.26. The van der Waals surface area contributed by atoms with E-state index in [2.05, 4.69) is 26.0 Å². The molecular formula is C21H26N4O. The minimum absolute atomic E-state index is 0.811. The van der Waals surface area contributed by atoms with Crippen molar-refractivity contribution in [1.82, 2.24) is 19.9 Å². The molecule has 0 radical (unpaired) electrons. The van der Waals surface area contributed by atoms with E-state index >= 15 is 0 Å². The van der Waals surface area contributed by atoms with Gasteiger partial charge in [-0.1, -0.05) is 32.1 Å². The lowest BCUT2D eigenvalue weighted by Gasteiger charge is -2.21. The maximum Gasteiger partial charge on any atom is 0.177 e. The summed E-state index contributed by atoms with van der Waals surface area (Å²) in [6, 6.07) is 6.07. The highest BCUT2D eigenvalue weighted by Gasteiger charge is 2.15. The molecule has 0 amide bonds. The Morgan fingerprint density at radius 3 is 2.85 bits per heavy atom. The molecular weight excluding hydrogens is 324 g/mol. The molecule has 136 valence electrons. The quantitative estimate of drug-likeness (QED) is 0.721. The Morgan fingerprint density at radius 2 is 2.00 bits per heavy atom. The van der Waals surface area contributed by atoms with Crippen LogP contribution in [-0.4, -0.2) is 27.0 Å². The zero-order valence-electron chi connectivity index (χ0n) is 15.4. The predicted octanol–water partition coefficient (Wildman–Crippen LogP) is 4.27. The van der Waals surface area contributed by atoms with E-state index in [1.165, 1.54) is 37.7 Å². The predicted molar refractivity (Wildman–Crippen MR) is 102 cm³/mol. The fourth-order valence-electron chi connectivity index (χ4n) is 3.91. The molecule has 1 fully saturated rings. The molecule has 3 aromatic heterocycles. The van der Waals surface area contributed by atoms with Crippen LogP contribution in [0.2, 0.25) is 0 Å². The van der Waals surface area contributed by atoms with Gasteiger partial charge in [0.05, 0.1) is 12.6 Å². The van der Waals surface area contributed by atoms with Crippen LogP contribution in [0.4, 0.5) is 0 Å². The van der Waals surface area contributed by atoms with Gasteiger partial charge in [0, 0.05) is 30.6 Å². The van der Waals surface area contributed by atoms with Crippen LogP contribution in [-0.2, 0) is 19.3 Å². The Hall–Kier alpha value is -2.43. The van der Waals surface area contributed by atoms with E-state index in [0.29, 0.717) is 0 Å². The number of H-pyrrole nitrogens is 1. The molecule has 0 spiro atoms. The number of hydrogen-bond acceptors (Lipinski definition) is 4. The molecule has 0 atom stereocenters. The Morgan fingerprint density at radius 1 is 1.12 bits per heavy atom. The van der Waals surface area contributed by atoms with Crippen LogP contribution in [0.3, 0.4) is 0 Å². The van der Waals surface area contributed by atoms with Crippen LogP contribution in [0.1, 0.15) is 49.2 Å². The van der Waals surface area contributed by atoms with E-state index in [0.717, 1.165) is 53.6 Å². The number of hydrogen-bond donors (Lipinski definition) is 1. The van der Waals surface area contributed by atoms with Crippen molar-refractivity contribution in [3.8, 4) is 5.75 Å². The maximum atomic E-state index is 5.26. The van der Waals surface area contributed by atoms with Crippen LogP contribution < -0.4 is 4.74 Å². The van der Waals surface area contributed by atoms with Gasteiger partial charge in [-0.25, -0.2) is 9.97 Å². The molecule has 0 unspecified atom stereocenters. The largest absolute Gasteiger partial charge is 0.497 e. The number of aryl methyl sites for hydroxylation is 2. The normalized spacial score (nSPS) is 15.4. The molecule has 5 heteroatoms. The van der Waals surface area contributed by atoms with Crippen LogP contribution in [0.25, 0.3) is 11.2 Å². The summed E-state index contributed by atoms with van der Waals surface area (Å²) in [6.45, 7) is 0. The number of nitrogens with one attached hydrogen (secondary N) is 1. The zero-order valence-corrected chi connectivity index (χ0v) is 15.4. The number of imidazole rings is 1. The summed E-state index contributed by atoms with van der Waals surface area (Å²) in [4.78, 5) is 17.0. The molecule has 1 aliphatic rings. The van der Waals surface area contributed by atoms with Crippen molar-refractivity contribution >= 4 is 11.2 Å². The molecule has 26 heavy (non-hydrogen) atoms. The molecule has 5 nitrogen and oxygen atoms in total. The highest BCUT2D eigenvalue weighted by Crippen LogP contribution is 2.27. The van der Waals surface area contributed by atoms with E-state index < -0.39 is 0 Å². The van der Waals surface area contributed by atoms with Crippen molar-refractivity contribution < 1.29 is 4.74 Å². The first-order valence-corrected chi connectivity index (χ1v) is 9.62. The van der Waals surface area contributed by atoms with E-state index in [4.69, 9.17) is 4.74 Å². The number of nitrogens with zero attached hydrogens (tertiary/aromatic N) is 3. The molecule has 4 rings (SSSR count). The molecule has 0 bridgehead atoms. The van der Waals surface area contributed by atoms with E-state index in [1.54, 1.807) is 13.3 Å². The van der Waals surface area contributed by atoms with Gasteiger partial charge in [-0.3, -0.25) is 4.98 Å². The number of pyridine rings is 2. The van der Waals surface area contributed by atoms with Gasteiger partial charge >= 0.3 is 0 Å². The van der Waals surface area contributed by atoms with Gasteiger partial charge in [0.1, 0.15) is 11.6 Å². The number of rotatable bonds is 6. The molecule has 1 aliphatic carbocycles. The van der Waals surface area contributed by atoms with E-state index in [9.17, 15) is 0 Å². The summed E-state index contributed by atoms with van der Waals surface area (Å²) in [5, 5.41) is 0. The lowest BCUT2D eigenvalue weighted by molar-refractivity contribution is 0.356. The molecule has 1 N–H and O–H groups in total. The van der Waals surface area contributed by atoms with Crippen molar-refractivity contribution in [2.24, 2.45) is 5.92 Å². The summed E-state index contributed by atoms with van der Waals surface area (Å²) in [7, 11) is 1.68. The number of aromatic amines is 1. The molecule has 1 saturated carbocycles. The minimum Gasteiger partial charge on any atom is -0.497 e. The second-order valence-electron chi connectivity index (χ2n) is 7.29. The van der Waals surface area contributed by atoms with Crippen LogP contribution >= 0.6 is 0 Å². The summed E-state index contributed by atoms with van der Waals surface area (Å²) < 4.78 is 5.26. The van der Waals surface area contributed by atoms with E-state index in [-0.39, 0.29) is 0 Å². The average molecular weight is 350 g/mol. The van der Waals surface area contributed by atoms with Gasteiger partial charge in [-0.05, 0) is 36.5 Å². The fraction of sp³-hybridized carbons (Fsp3) is 0.476. The monoisotopic (exact) mass is 350 g/mol. The molecule has 0 aliphatic heterocycles. The number of fused-ring (bicyclic) bond motifs is 1. The van der Waals surface area contributed by atoms with Gasteiger partial charge in [0.25, 0.3) is 0 Å². The topological polar surface area (TPSA) is 63.7 Å². The Balaban J connectivity index is 1.43. The van der Waals surface area contributed by atoms with Crippen LogP contribution in [0.15, 0.2) is 30.6 Å². The molecule has 3 aromatic rings. The highest BCUT2D eigenvalue weighted by atomic mass is 16.5. The molecule has 0 aromatic carbocycles. The Labute approximate surface area is 154 Å². The summed E-state index contributed by atoms with van der Waals surface area (Å²) in [5.74, 6) is 2.63. The minimum atomic E-state index is 0.811. The van der Waals surface area contributed by atoms with Crippen molar-refractivity contribution in [3.05, 3.63) is 47.7 Å². The fourth-order valence-corrected chi connectivity index (χ4v) is 3.91. The van der Waals surface area contributed by atoms with Crippen molar-refractivity contribution in [2.75, 3.05) is 7.11 Å². The summed E-state index contributed by atoms with van der Waals surface area (Å²) in [5.41, 5.74) is 4.20.